The molecule has 0 aromatic heterocycles. The number of allylic oxidation sites excluding steroid dienone is 1. The molecule has 0 aromatic carbocycles. The fourth-order valence-electron chi connectivity index (χ4n) is 1.74. The summed E-state index contributed by atoms with van der Waals surface area (Å²) in [4.78, 5) is 61.3. The Hall–Kier alpha value is -4.15. The van der Waals surface area contributed by atoms with Crippen LogP contribution in [-0.4, -0.2) is 94.5 Å². The quantitative estimate of drug-likeness (QED) is 0.104. The number of carboxylic acid groups (broad SMARTS) is 2. The Morgan fingerprint density at radius 3 is 1.68 bits per heavy atom. The van der Waals surface area contributed by atoms with E-state index >= 15 is 0 Å². The summed E-state index contributed by atoms with van der Waals surface area (Å²) in [7, 11) is -4.08. The molecule has 1 unspecified atom stereocenters. The highest BCUT2D eigenvalue weighted by atomic mass is 32.2. The number of nitrogens with one attached hydrogen (secondary N) is 1. The SMILES string of the molecule is C=CC(=O)CC(O)C(=O)O.C=CC(=O)NC(C)(C)CS(=O)(=O)O.C=CC(=O)OCC.C=CC(=O)OCCC(=O)O. The molecule has 0 fully saturated rings. The van der Waals surface area contributed by atoms with Gasteiger partial charge in [0.05, 0.1) is 24.3 Å². The molecular weight excluding hydrogens is 558 g/mol. The van der Waals surface area contributed by atoms with Gasteiger partial charge in [0, 0.05) is 18.6 Å². The van der Waals surface area contributed by atoms with Crippen molar-refractivity contribution in [2.45, 2.75) is 45.3 Å². The van der Waals surface area contributed by atoms with Crippen molar-refractivity contribution in [3.63, 3.8) is 0 Å². The Balaban J connectivity index is -0.000000221. The van der Waals surface area contributed by atoms with Crippen molar-refractivity contribution in [2.24, 2.45) is 0 Å². The number of esters is 2. The lowest BCUT2D eigenvalue weighted by atomic mass is 10.1. The maximum atomic E-state index is 10.8. The van der Waals surface area contributed by atoms with E-state index in [0.29, 0.717) is 6.61 Å². The minimum atomic E-state index is -4.08. The lowest BCUT2D eigenvalue weighted by Crippen LogP contribution is -2.47. The van der Waals surface area contributed by atoms with Crippen LogP contribution in [0.1, 0.15) is 33.6 Å². The Morgan fingerprint density at radius 1 is 0.900 bits per heavy atom. The number of ether oxygens (including phenoxy) is 2. The van der Waals surface area contributed by atoms with Crippen LogP contribution in [0.4, 0.5) is 0 Å². The van der Waals surface area contributed by atoms with Gasteiger partial charge in [-0.1, -0.05) is 26.3 Å². The predicted molar refractivity (Wildman–Crippen MR) is 143 cm³/mol. The van der Waals surface area contributed by atoms with Gasteiger partial charge in [0.1, 0.15) is 6.61 Å². The second kappa shape index (κ2) is 23.9. The summed E-state index contributed by atoms with van der Waals surface area (Å²) < 4.78 is 38.3. The van der Waals surface area contributed by atoms with Gasteiger partial charge < -0.3 is 30.1 Å². The average molecular weight is 596 g/mol. The van der Waals surface area contributed by atoms with Gasteiger partial charge in [-0.15, -0.1) is 0 Å². The van der Waals surface area contributed by atoms with Crippen LogP contribution in [0.3, 0.4) is 0 Å². The van der Waals surface area contributed by atoms with Crippen LogP contribution in [-0.2, 0) is 48.4 Å². The van der Waals surface area contributed by atoms with Gasteiger partial charge in [-0.3, -0.25) is 18.9 Å². The molecule has 0 aliphatic rings. The first-order valence-corrected chi connectivity index (χ1v) is 12.6. The smallest absolute Gasteiger partial charge is 0.332 e. The number of amides is 1. The first kappa shape index (κ1) is 42.9. The van der Waals surface area contributed by atoms with E-state index in [4.69, 9.17) is 19.9 Å². The molecule has 0 saturated carbocycles. The summed E-state index contributed by atoms with van der Waals surface area (Å²) in [6.07, 6.45) is 1.97. The Bertz CT molecular complexity index is 999. The van der Waals surface area contributed by atoms with E-state index in [-0.39, 0.29) is 19.0 Å². The predicted octanol–water partition coefficient (Wildman–Crippen LogP) is 0.458. The molecule has 0 aliphatic carbocycles. The van der Waals surface area contributed by atoms with E-state index in [9.17, 15) is 37.2 Å². The average Bonchev–Trinajstić information content (AvgIpc) is 2.82. The Morgan fingerprint density at radius 2 is 1.38 bits per heavy atom. The van der Waals surface area contributed by atoms with Crippen molar-refractivity contribution in [2.75, 3.05) is 19.0 Å². The van der Waals surface area contributed by atoms with Crippen molar-refractivity contribution >= 4 is 45.7 Å². The van der Waals surface area contributed by atoms with E-state index in [1.54, 1.807) is 6.92 Å². The number of carbonyl (C=O) groups excluding carboxylic acids is 4. The number of carbonyl (C=O) groups is 6. The van der Waals surface area contributed by atoms with Gasteiger partial charge in [-0.2, -0.15) is 8.42 Å². The number of ketones is 1. The third-order valence-corrected chi connectivity index (χ3v) is 4.36. The zero-order valence-corrected chi connectivity index (χ0v) is 23.3. The summed E-state index contributed by atoms with van der Waals surface area (Å²) in [6, 6.07) is 0. The van der Waals surface area contributed by atoms with E-state index in [2.05, 4.69) is 41.1 Å². The number of aliphatic hydroxyl groups is 1. The molecule has 228 valence electrons. The number of hydrogen-bond acceptors (Lipinski definition) is 11. The Labute approximate surface area is 232 Å². The van der Waals surface area contributed by atoms with E-state index < -0.39 is 63.5 Å². The summed E-state index contributed by atoms with van der Waals surface area (Å²) >= 11 is 0. The number of aliphatic carboxylic acids is 2. The maximum Gasteiger partial charge on any atom is 0.332 e. The summed E-state index contributed by atoms with van der Waals surface area (Å²) in [5.74, 6) is -4.82. The first-order valence-electron chi connectivity index (χ1n) is 11.0. The van der Waals surface area contributed by atoms with Crippen molar-refractivity contribution in [1.29, 1.82) is 0 Å². The van der Waals surface area contributed by atoms with Crippen LogP contribution >= 0.6 is 0 Å². The Kier molecular flexibility index (Phi) is 25.7. The van der Waals surface area contributed by atoms with E-state index in [0.717, 1.165) is 24.3 Å². The lowest BCUT2D eigenvalue weighted by Gasteiger charge is -2.23. The second-order valence-electron chi connectivity index (χ2n) is 7.50. The zero-order valence-electron chi connectivity index (χ0n) is 22.5. The molecule has 0 aromatic rings. The minimum absolute atomic E-state index is 0.0970. The molecule has 0 radical (unpaired) electrons. The largest absolute Gasteiger partial charge is 0.481 e. The molecule has 0 bridgehead atoms. The van der Waals surface area contributed by atoms with Crippen LogP contribution in [0, 0.1) is 0 Å². The van der Waals surface area contributed by atoms with Crippen LogP contribution in [0.15, 0.2) is 50.6 Å². The standard InChI is InChI=1S/C7H13NO4S.2C6H8O4.C5H8O2/c1-4-6(9)8-7(2,3)5-13(10,11)12;1-2-6(9)10-4-3-5(7)8;1-2-4(7)3-5(8)6(9)10;1-3-5(6)7-4-2/h4H,1,5H2,2-3H3,(H,8,9)(H,10,11,12);2H,1,3-4H2,(H,7,8);2,5,8H,1,3H2,(H,9,10);3H,1,4H2,2H3. The lowest BCUT2D eigenvalue weighted by molar-refractivity contribution is -0.148. The van der Waals surface area contributed by atoms with Gasteiger partial charge in [-0.05, 0) is 32.9 Å². The van der Waals surface area contributed by atoms with Crippen molar-refractivity contribution < 1.29 is 66.5 Å². The van der Waals surface area contributed by atoms with Gasteiger partial charge >= 0.3 is 23.9 Å². The molecular formula is C24H37NO14S. The summed E-state index contributed by atoms with van der Waals surface area (Å²) in [5.41, 5.74) is -1.00. The number of aliphatic hydroxyl groups excluding tert-OH is 1. The molecule has 5 N–H and O–H groups in total. The maximum absolute atomic E-state index is 10.8. The molecule has 0 heterocycles. The first-order chi connectivity index (χ1) is 18.2. The normalized spacial score (nSPS) is 10.4. The van der Waals surface area contributed by atoms with Gasteiger partial charge in [0.2, 0.25) is 5.91 Å². The molecule has 0 spiro atoms. The number of rotatable bonds is 14. The van der Waals surface area contributed by atoms with Gasteiger partial charge in [0.15, 0.2) is 11.9 Å². The number of hydrogen-bond donors (Lipinski definition) is 5. The highest BCUT2D eigenvalue weighted by Crippen LogP contribution is 2.05. The summed E-state index contributed by atoms with van der Waals surface area (Å²) in [5, 5.41) is 27.1. The third kappa shape index (κ3) is 36.0. The molecule has 1 atom stereocenters. The molecule has 16 heteroatoms. The third-order valence-electron chi connectivity index (χ3n) is 3.28. The van der Waals surface area contributed by atoms with E-state index in [1.165, 1.54) is 13.8 Å². The van der Waals surface area contributed by atoms with E-state index in [1.807, 2.05) is 0 Å². The molecule has 15 nitrogen and oxygen atoms in total. The molecule has 0 rings (SSSR count). The van der Waals surface area contributed by atoms with Crippen LogP contribution in [0.5, 0.6) is 0 Å². The molecule has 0 aliphatic heterocycles. The van der Waals surface area contributed by atoms with Crippen LogP contribution < -0.4 is 5.32 Å². The van der Waals surface area contributed by atoms with Gasteiger partial charge in [0.25, 0.3) is 10.1 Å². The monoisotopic (exact) mass is 595 g/mol. The topological polar surface area (TPSA) is 248 Å². The van der Waals surface area contributed by atoms with Crippen molar-refractivity contribution in [3.05, 3.63) is 50.6 Å². The minimum Gasteiger partial charge on any atom is -0.481 e. The van der Waals surface area contributed by atoms with Crippen LogP contribution in [0.25, 0.3) is 0 Å². The zero-order chi connectivity index (χ0) is 32.5. The van der Waals surface area contributed by atoms with Gasteiger partial charge in [-0.25, -0.2) is 14.4 Å². The fraction of sp³-hybridized carbons (Fsp3) is 0.417. The molecule has 40 heavy (non-hydrogen) atoms. The summed E-state index contributed by atoms with van der Waals surface area (Å²) in [6.45, 7) is 17.7. The highest BCUT2D eigenvalue weighted by molar-refractivity contribution is 7.85. The number of carboxylic acids is 2. The van der Waals surface area contributed by atoms with Crippen molar-refractivity contribution in [3.8, 4) is 0 Å². The second-order valence-corrected chi connectivity index (χ2v) is 8.96. The molecule has 0 saturated heterocycles. The fourth-order valence-corrected chi connectivity index (χ4v) is 2.72. The van der Waals surface area contributed by atoms with Crippen LogP contribution in [0.2, 0.25) is 0 Å². The highest BCUT2D eigenvalue weighted by Gasteiger charge is 2.25. The van der Waals surface area contributed by atoms with Crippen molar-refractivity contribution in [1.82, 2.24) is 5.32 Å². The molecule has 1 amide bonds.